The van der Waals surface area contributed by atoms with E-state index in [4.69, 9.17) is 11.6 Å². The number of anilines is 1. The summed E-state index contributed by atoms with van der Waals surface area (Å²) in [7, 11) is 0. The fourth-order valence-electron chi connectivity index (χ4n) is 5.10. The molecule has 10 nitrogen and oxygen atoms in total. The number of nitrogens with one attached hydrogen (secondary N) is 1. The Morgan fingerprint density at radius 2 is 1.90 bits per heavy atom. The number of hydrogen-bond donors (Lipinski definition) is 2. The van der Waals surface area contributed by atoms with Crippen molar-refractivity contribution in [3.8, 4) is 5.75 Å². The van der Waals surface area contributed by atoms with Gasteiger partial charge in [0.25, 0.3) is 5.91 Å². The number of halogens is 3. The van der Waals surface area contributed by atoms with E-state index in [-0.39, 0.29) is 35.5 Å². The van der Waals surface area contributed by atoms with E-state index in [1.807, 2.05) is 31.7 Å². The number of aliphatic carboxylic acids is 1. The molecule has 4 rings (SSSR count). The highest BCUT2D eigenvalue weighted by Crippen LogP contribution is 2.37. The van der Waals surface area contributed by atoms with Crippen molar-refractivity contribution in [3.63, 3.8) is 0 Å². The van der Waals surface area contributed by atoms with Crippen molar-refractivity contribution in [3.05, 3.63) is 59.1 Å². The third-order valence-electron chi connectivity index (χ3n) is 7.18. The number of nitrogens with zero attached hydrogens (tertiary/aromatic N) is 5. The van der Waals surface area contributed by atoms with Crippen LogP contribution in [0.25, 0.3) is 0 Å². The molecule has 0 spiro atoms. The highest BCUT2D eigenvalue weighted by atomic mass is 35.5. The zero-order valence-electron chi connectivity index (χ0n) is 22.6. The molecule has 1 fully saturated rings. The molecule has 1 aliphatic heterocycles. The molecule has 0 aliphatic carbocycles. The number of piperidine rings is 1. The maximum Gasteiger partial charge on any atom is 0.387 e. The number of hydrogen-bond acceptors (Lipinski definition) is 6. The van der Waals surface area contributed by atoms with Crippen molar-refractivity contribution in [1.82, 2.24) is 24.5 Å². The smallest absolute Gasteiger partial charge is 0.387 e. The number of aromatic nitrogens is 4. The van der Waals surface area contributed by atoms with E-state index in [0.29, 0.717) is 25.9 Å². The van der Waals surface area contributed by atoms with Gasteiger partial charge in [0.2, 0.25) is 0 Å². The first kappa shape index (κ1) is 29.5. The molecule has 3 aromatic rings. The summed E-state index contributed by atoms with van der Waals surface area (Å²) < 4.78 is 34.1. The first-order chi connectivity index (χ1) is 19.0. The van der Waals surface area contributed by atoms with Gasteiger partial charge in [-0.05, 0) is 49.4 Å². The summed E-state index contributed by atoms with van der Waals surface area (Å²) >= 11 is 5.98. The number of alkyl halides is 2. The lowest BCUT2D eigenvalue weighted by atomic mass is 9.85. The Morgan fingerprint density at radius 1 is 1.18 bits per heavy atom. The van der Waals surface area contributed by atoms with Crippen LogP contribution in [0, 0.1) is 12.8 Å². The minimum Gasteiger partial charge on any atom is -0.481 e. The molecule has 1 amide bonds. The molecule has 2 N–H and O–H groups in total. The van der Waals surface area contributed by atoms with E-state index in [1.54, 1.807) is 28.0 Å². The molecule has 0 bridgehead atoms. The number of benzene rings is 1. The van der Waals surface area contributed by atoms with Gasteiger partial charge in [-0.2, -0.15) is 19.0 Å². The number of carboxylic acid groups (broad SMARTS) is 1. The lowest BCUT2D eigenvalue weighted by molar-refractivity contribution is -0.143. The monoisotopic (exact) mass is 578 g/mol. The molecule has 1 aliphatic rings. The van der Waals surface area contributed by atoms with Crippen LogP contribution < -0.4 is 10.1 Å². The SMILES string of the molecule is Cc1cnn(CC(CN2CCC(C(=O)Nc3ccc(Cl)cc3OC(F)F)(n3nccc3C(C)C)CC2)C(=O)O)c1. The molecular formula is C27H33ClF2N6O4. The number of amides is 1. The van der Waals surface area contributed by atoms with Crippen LogP contribution in [-0.2, 0) is 21.7 Å². The van der Waals surface area contributed by atoms with Crippen LogP contribution in [0.1, 0.15) is 43.9 Å². The van der Waals surface area contributed by atoms with Gasteiger partial charge in [-0.3, -0.25) is 19.0 Å². The van der Waals surface area contributed by atoms with Crippen LogP contribution >= 0.6 is 11.6 Å². The summed E-state index contributed by atoms with van der Waals surface area (Å²) in [6, 6.07) is 5.97. The van der Waals surface area contributed by atoms with Gasteiger partial charge >= 0.3 is 12.6 Å². The Kier molecular flexibility index (Phi) is 9.09. The topological polar surface area (TPSA) is 115 Å². The van der Waals surface area contributed by atoms with E-state index in [2.05, 4.69) is 20.3 Å². The second-order valence-electron chi connectivity index (χ2n) is 10.4. The van der Waals surface area contributed by atoms with Crippen LogP contribution in [-0.4, -0.2) is 67.7 Å². The van der Waals surface area contributed by atoms with Crippen molar-refractivity contribution in [2.24, 2.45) is 5.92 Å². The molecule has 2 aromatic heterocycles. The summed E-state index contributed by atoms with van der Waals surface area (Å²) in [6.45, 7) is 4.14. The Morgan fingerprint density at radius 3 is 2.50 bits per heavy atom. The molecule has 3 heterocycles. The van der Waals surface area contributed by atoms with Gasteiger partial charge in [0.1, 0.15) is 5.54 Å². The molecular weight excluding hydrogens is 546 g/mol. The van der Waals surface area contributed by atoms with Gasteiger partial charge in [-0.25, -0.2) is 0 Å². The number of rotatable bonds is 11. The zero-order valence-corrected chi connectivity index (χ0v) is 23.3. The van der Waals surface area contributed by atoms with Gasteiger partial charge in [0.05, 0.1) is 24.3 Å². The Balaban J connectivity index is 1.58. The van der Waals surface area contributed by atoms with Gasteiger partial charge in [0, 0.05) is 48.8 Å². The maximum atomic E-state index is 14.0. The summed E-state index contributed by atoms with van der Waals surface area (Å²) in [6.07, 6.45) is 5.77. The van der Waals surface area contributed by atoms with Gasteiger partial charge < -0.3 is 20.1 Å². The van der Waals surface area contributed by atoms with E-state index >= 15 is 0 Å². The molecule has 1 aromatic carbocycles. The van der Waals surface area contributed by atoms with E-state index < -0.39 is 29.9 Å². The fraction of sp³-hybridized carbons (Fsp3) is 0.481. The minimum absolute atomic E-state index is 0.0624. The Bertz CT molecular complexity index is 1340. The zero-order chi connectivity index (χ0) is 29.0. The summed E-state index contributed by atoms with van der Waals surface area (Å²) in [5, 5.41) is 21.5. The Hall–Kier alpha value is -3.51. The average molecular weight is 579 g/mol. The van der Waals surface area contributed by atoms with E-state index in [1.165, 1.54) is 18.2 Å². The fourth-order valence-corrected chi connectivity index (χ4v) is 5.26. The number of carbonyl (C=O) groups is 2. The van der Waals surface area contributed by atoms with Crippen molar-refractivity contribution in [1.29, 1.82) is 0 Å². The van der Waals surface area contributed by atoms with Crippen LogP contribution in [0.4, 0.5) is 14.5 Å². The Labute approximate surface area is 235 Å². The number of aryl methyl sites for hydroxylation is 1. The predicted octanol–water partition coefficient (Wildman–Crippen LogP) is 4.60. The number of carboxylic acids is 1. The van der Waals surface area contributed by atoms with Gasteiger partial charge in [-0.1, -0.05) is 25.4 Å². The molecule has 13 heteroatoms. The second kappa shape index (κ2) is 12.3. The van der Waals surface area contributed by atoms with Crippen LogP contribution in [0.15, 0.2) is 42.9 Å². The first-order valence-electron chi connectivity index (χ1n) is 13.0. The van der Waals surface area contributed by atoms with Crippen LogP contribution in [0.3, 0.4) is 0 Å². The largest absolute Gasteiger partial charge is 0.481 e. The summed E-state index contributed by atoms with van der Waals surface area (Å²) in [5.41, 5.74) is 0.719. The van der Waals surface area contributed by atoms with Gasteiger partial charge in [-0.15, -0.1) is 0 Å². The molecule has 0 radical (unpaired) electrons. The lowest BCUT2D eigenvalue weighted by Gasteiger charge is -2.42. The molecule has 1 unspecified atom stereocenters. The number of ether oxygens (including phenoxy) is 1. The van der Waals surface area contributed by atoms with Crippen molar-refractivity contribution in [2.45, 2.75) is 58.2 Å². The van der Waals surface area contributed by atoms with Crippen LogP contribution in [0.2, 0.25) is 5.02 Å². The molecule has 0 saturated carbocycles. The first-order valence-corrected chi connectivity index (χ1v) is 13.4. The molecule has 1 atom stereocenters. The standard InChI is InChI=1S/C27H33ClF2N6O4/c1-17(2)22-6-9-31-36(22)27(25(39)33-21-5-4-20(28)12-23(21)40-26(29)30)7-10-34(11-8-27)15-19(24(37)38)16-35-14-18(3)13-32-35/h4-6,9,12-14,17,19,26H,7-8,10-11,15-16H2,1-3H3,(H,33,39)(H,37,38). The molecule has 1 saturated heterocycles. The number of likely N-dealkylation sites (tertiary alicyclic amines) is 1. The van der Waals surface area contributed by atoms with Crippen molar-refractivity contribution in [2.75, 3.05) is 25.0 Å². The maximum absolute atomic E-state index is 14.0. The second-order valence-corrected chi connectivity index (χ2v) is 10.8. The normalized spacial score (nSPS) is 16.3. The van der Waals surface area contributed by atoms with Crippen molar-refractivity contribution < 1.29 is 28.2 Å². The third-order valence-corrected chi connectivity index (χ3v) is 7.42. The van der Waals surface area contributed by atoms with E-state index in [0.717, 1.165) is 11.3 Å². The van der Waals surface area contributed by atoms with Crippen LogP contribution in [0.5, 0.6) is 5.75 Å². The summed E-state index contributed by atoms with van der Waals surface area (Å²) in [4.78, 5) is 28.1. The van der Waals surface area contributed by atoms with E-state index in [9.17, 15) is 23.5 Å². The average Bonchev–Trinajstić information content (AvgIpc) is 3.55. The lowest BCUT2D eigenvalue weighted by Crippen LogP contribution is -2.55. The highest BCUT2D eigenvalue weighted by molar-refractivity contribution is 6.30. The quantitative estimate of drug-likeness (QED) is 0.342. The molecule has 216 valence electrons. The minimum atomic E-state index is -3.10. The predicted molar refractivity (Wildman–Crippen MR) is 145 cm³/mol. The highest BCUT2D eigenvalue weighted by Gasteiger charge is 2.46. The third kappa shape index (κ3) is 6.61. The number of carbonyl (C=O) groups excluding carboxylic acids is 1. The molecule has 40 heavy (non-hydrogen) atoms. The summed E-state index contributed by atoms with van der Waals surface area (Å²) in [5.74, 6) is -2.23. The van der Waals surface area contributed by atoms with Crippen molar-refractivity contribution >= 4 is 29.2 Å². The van der Waals surface area contributed by atoms with Gasteiger partial charge in [0.15, 0.2) is 5.75 Å².